The summed E-state index contributed by atoms with van der Waals surface area (Å²) in [6.45, 7) is 7.75. The van der Waals surface area contributed by atoms with Crippen LogP contribution in [0.25, 0.3) is 11.1 Å². The first-order valence-electron chi connectivity index (χ1n) is 7.18. The molecule has 0 aliphatic heterocycles. The smallest absolute Gasteiger partial charge is 0.118 e. The van der Waals surface area contributed by atoms with Gasteiger partial charge >= 0.3 is 0 Å². The molecule has 0 aromatic heterocycles. The van der Waals surface area contributed by atoms with Crippen molar-refractivity contribution < 1.29 is 4.74 Å². The highest BCUT2D eigenvalue weighted by Crippen LogP contribution is 2.22. The Hall–Kier alpha value is -2.02. The quantitative estimate of drug-likeness (QED) is 0.650. The van der Waals surface area contributed by atoms with Crippen LogP contribution in [0, 0.1) is 0 Å². The Morgan fingerprint density at radius 2 is 1.40 bits per heavy atom. The average molecular weight is 268 g/mol. The van der Waals surface area contributed by atoms with Crippen molar-refractivity contribution in [2.45, 2.75) is 26.7 Å². The van der Waals surface area contributed by atoms with Crippen LogP contribution in [0.1, 0.15) is 25.8 Å². The molecular weight excluding hydrogens is 244 g/mol. The summed E-state index contributed by atoms with van der Waals surface area (Å²) in [7, 11) is 1.68. The third-order valence-corrected chi connectivity index (χ3v) is 3.01. The summed E-state index contributed by atoms with van der Waals surface area (Å²) in [6, 6.07) is 16.8. The van der Waals surface area contributed by atoms with Crippen molar-refractivity contribution in [3.05, 3.63) is 66.7 Å². The predicted octanol–water partition coefficient (Wildman–Crippen LogP) is 5.51. The first-order chi connectivity index (χ1) is 9.83. The number of allylic oxidation sites excluding steroid dienone is 1. The standard InChI is InChI=1S/C17H18O.C2H6/c1-3-4-5-14-6-8-15(9-7-14)16-10-12-17(18-2)13-11-16;1-2/h3,6-13H,1,4-5H2,2H3;1-2H3. The van der Waals surface area contributed by atoms with E-state index in [1.807, 2.05) is 32.1 Å². The van der Waals surface area contributed by atoms with Crippen LogP contribution >= 0.6 is 0 Å². The molecule has 0 aliphatic carbocycles. The number of hydrogen-bond donors (Lipinski definition) is 0. The normalized spacial score (nSPS) is 9.35. The Morgan fingerprint density at radius 3 is 1.85 bits per heavy atom. The molecular formula is C19H24O. The van der Waals surface area contributed by atoms with Crippen molar-refractivity contribution in [1.29, 1.82) is 0 Å². The molecule has 0 spiro atoms. The summed E-state index contributed by atoms with van der Waals surface area (Å²) >= 11 is 0. The van der Waals surface area contributed by atoms with Gasteiger partial charge in [0.25, 0.3) is 0 Å². The fourth-order valence-corrected chi connectivity index (χ4v) is 1.92. The minimum absolute atomic E-state index is 0.890. The van der Waals surface area contributed by atoms with Gasteiger partial charge < -0.3 is 4.74 Å². The molecule has 0 atom stereocenters. The lowest BCUT2D eigenvalue weighted by Gasteiger charge is -2.05. The molecule has 0 unspecified atom stereocenters. The maximum Gasteiger partial charge on any atom is 0.118 e. The van der Waals surface area contributed by atoms with Crippen LogP contribution in [0.4, 0.5) is 0 Å². The van der Waals surface area contributed by atoms with Crippen LogP contribution in [0.5, 0.6) is 5.75 Å². The lowest BCUT2D eigenvalue weighted by molar-refractivity contribution is 0.415. The second-order valence-corrected chi connectivity index (χ2v) is 4.25. The first-order valence-corrected chi connectivity index (χ1v) is 7.18. The van der Waals surface area contributed by atoms with Gasteiger partial charge in [0.05, 0.1) is 7.11 Å². The van der Waals surface area contributed by atoms with Crippen LogP contribution in [0.2, 0.25) is 0 Å². The Bertz CT molecular complexity index is 494. The van der Waals surface area contributed by atoms with E-state index in [0.717, 1.165) is 18.6 Å². The molecule has 0 amide bonds. The summed E-state index contributed by atoms with van der Waals surface area (Å²) in [5.74, 6) is 0.890. The van der Waals surface area contributed by atoms with E-state index in [0.29, 0.717) is 0 Å². The van der Waals surface area contributed by atoms with Crippen LogP contribution in [-0.4, -0.2) is 7.11 Å². The largest absolute Gasteiger partial charge is 0.497 e. The van der Waals surface area contributed by atoms with E-state index >= 15 is 0 Å². The van der Waals surface area contributed by atoms with Gasteiger partial charge in [0.15, 0.2) is 0 Å². The molecule has 1 nitrogen and oxygen atoms in total. The molecule has 0 saturated heterocycles. The molecule has 20 heavy (non-hydrogen) atoms. The van der Waals surface area contributed by atoms with Crippen molar-refractivity contribution in [3.63, 3.8) is 0 Å². The van der Waals surface area contributed by atoms with Crippen molar-refractivity contribution in [2.75, 3.05) is 7.11 Å². The number of hydrogen-bond acceptors (Lipinski definition) is 1. The monoisotopic (exact) mass is 268 g/mol. The van der Waals surface area contributed by atoms with Gasteiger partial charge in [-0.25, -0.2) is 0 Å². The highest BCUT2D eigenvalue weighted by molar-refractivity contribution is 5.64. The van der Waals surface area contributed by atoms with Gasteiger partial charge in [0.2, 0.25) is 0 Å². The minimum atomic E-state index is 0.890. The summed E-state index contributed by atoms with van der Waals surface area (Å²) in [5, 5.41) is 0. The third kappa shape index (κ3) is 4.58. The van der Waals surface area contributed by atoms with Crippen LogP contribution < -0.4 is 4.74 Å². The molecule has 0 saturated carbocycles. The van der Waals surface area contributed by atoms with Crippen LogP contribution in [-0.2, 0) is 6.42 Å². The zero-order valence-corrected chi connectivity index (χ0v) is 12.7. The molecule has 0 bridgehead atoms. The predicted molar refractivity (Wildman–Crippen MR) is 88.3 cm³/mol. The van der Waals surface area contributed by atoms with E-state index in [9.17, 15) is 0 Å². The van der Waals surface area contributed by atoms with Gasteiger partial charge in [-0.1, -0.05) is 56.3 Å². The third-order valence-electron chi connectivity index (χ3n) is 3.01. The molecule has 106 valence electrons. The summed E-state index contributed by atoms with van der Waals surface area (Å²) in [5.41, 5.74) is 3.80. The van der Waals surface area contributed by atoms with Crippen LogP contribution in [0.15, 0.2) is 61.2 Å². The molecule has 0 radical (unpaired) electrons. The summed E-state index contributed by atoms with van der Waals surface area (Å²) in [4.78, 5) is 0. The van der Waals surface area contributed by atoms with Crippen molar-refractivity contribution in [2.24, 2.45) is 0 Å². The van der Waals surface area contributed by atoms with Crippen molar-refractivity contribution in [3.8, 4) is 16.9 Å². The molecule has 2 aromatic rings. The number of ether oxygens (including phenoxy) is 1. The van der Waals surface area contributed by atoms with Crippen LogP contribution in [0.3, 0.4) is 0 Å². The lowest BCUT2D eigenvalue weighted by atomic mass is 10.0. The summed E-state index contributed by atoms with van der Waals surface area (Å²) < 4.78 is 5.16. The van der Waals surface area contributed by atoms with E-state index in [4.69, 9.17) is 4.74 Å². The van der Waals surface area contributed by atoms with Gasteiger partial charge in [-0.3, -0.25) is 0 Å². The van der Waals surface area contributed by atoms with E-state index in [-0.39, 0.29) is 0 Å². The zero-order chi connectivity index (χ0) is 14.8. The average Bonchev–Trinajstić information content (AvgIpc) is 2.55. The molecule has 0 aliphatic rings. The Labute approximate surface area is 122 Å². The minimum Gasteiger partial charge on any atom is -0.497 e. The maximum absolute atomic E-state index is 5.16. The van der Waals surface area contributed by atoms with E-state index in [1.54, 1.807) is 7.11 Å². The topological polar surface area (TPSA) is 9.23 Å². The van der Waals surface area contributed by atoms with Gasteiger partial charge in [0, 0.05) is 0 Å². The number of aryl methyl sites for hydroxylation is 1. The highest BCUT2D eigenvalue weighted by Gasteiger charge is 1.98. The molecule has 2 rings (SSSR count). The highest BCUT2D eigenvalue weighted by atomic mass is 16.5. The van der Waals surface area contributed by atoms with Gasteiger partial charge in [-0.15, -0.1) is 6.58 Å². The molecule has 0 fully saturated rings. The fraction of sp³-hybridized carbons (Fsp3) is 0.263. The zero-order valence-electron chi connectivity index (χ0n) is 12.7. The van der Waals surface area contributed by atoms with Gasteiger partial charge in [-0.05, 0) is 41.7 Å². The Morgan fingerprint density at radius 1 is 0.900 bits per heavy atom. The molecule has 0 heterocycles. The number of benzene rings is 2. The second kappa shape index (κ2) is 8.98. The summed E-state index contributed by atoms with van der Waals surface area (Å²) in [6.07, 6.45) is 4.05. The van der Waals surface area contributed by atoms with E-state index < -0.39 is 0 Å². The SMILES string of the molecule is C=CCCc1ccc(-c2ccc(OC)cc2)cc1.CC. The number of methoxy groups -OCH3 is 1. The molecule has 0 N–H and O–H groups in total. The Balaban J connectivity index is 0.000000956. The molecule has 1 heteroatoms. The molecule has 2 aromatic carbocycles. The van der Waals surface area contributed by atoms with Gasteiger partial charge in [0.1, 0.15) is 5.75 Å². The Kier molecular flexibility index (Phi) is 7.20. The van der Waals surface area contributed by atoms with Gasteiger partial charge in [-0.2, -0.15) is 0 Å². The van der Waals surface area contributed by atoms with E-state index in [2.05, 4.69) is 43.0 Å². The maximum atomic E-state index is 5.16. The second-order valence-electron chi connectivity index (χ2n) is 4.25. The fourth-order valence-electron chi connectivity index (χ4n) is 1.92. The number of rotatable bonds is 5. The van der Waals surface area contributed by atoms with Crippen molar-refractivity contribution in [1.82, 2.24) is 0 Å². The van der Waals surface area contributed by atoms with Crippen molar-refractivity contribution >= 4 is 0 Å². The van der Waals surface area contributed by atoms with E-state index in [1.165, 1.54) is 16.7 Å². The lowest BCUT2D eigenvalue weighted by Crippen LogP contribution is -1.85. The first kappa shape index (κ1) is 16.0.